The zero-order chi connectivity index (χ0) is 51.3. The van der Waals surface area contributed by atoms with Crippen molar-refractivity contribution in [1.29, 1.82) is 0 Å². The lowest BCUT2D eigenvalue weighted by Gasteiger charge is -2.41. The molecule has 0 spiro atoms. The van der Waals surface area contributed by atoms with E-state index in [4.69, 9.17) is 9.47 Å². The Morgan fingerprint density at radius 1 is 0.586 bits per heavy atom. The fraction of sp³-hybridized carbons (Fsp3) is 0.839. The number of ether oxygens (including phenoxy) is 2. The maximum absolute atomic E-state index is 13.2. The minimum Gasteiger partial charge on any atom is -0.394 e. The quantitative estimate of drug-likeness (QED) is 0.0172. The fourth-order valence-electron chi connectivity index (χ4n) is 8.74. The van der Waals surface area contributed by atoms with Gasteiger partial charge in [-0.25, -0.2) is 4.18 Å². The first-order valence-corrected chi connectivity index (χ1v) is 29.5. The zero-order valence-corrected chi connectivity index (χ0v) is 44.8. The number of allylic oxidation sites excluding steroid dienone is 7. The van der Waals surface area contributed by atoms with Crippen LogP contribution in [0, 0.1) is 0 Å². The average Bonchev–Trinajstić information content (AvgIpc) is 3.33. The van der Waals surface area contributed by atoms with Gasteiger partial charge < -0.3 is 40.3 Å². The molecule has 1 heterocycles. The minimum atomic E-state index is -5.13. The maximum Gasteiger partial charge on any atom is 0.397 e. The highest BCUT2D eigenvalue weighted by Gasteiger charge is 2.48. The van der Waals surface area contributed by atoms with Crippen LogP contribution >= 0.6 is 0 Å². The average molecular weight is 1010 g/mol. The van der Waals surface area contributed by atoms with E-state index in [1.165, 1.54) is 147 Å². The standard InChI is InChI=1S/C56H103NO12S/c1-3-5-7-9-11-13-15-17-19-21-23-24-25-27-29-31-33-35-37-39-41-43-45-50(60)55(63)57-48(47-67-56-53(62)54(69-70(64,65)66)52(61)51(46-58)68-56)49(59)44-42-40-38-36-34-32-30-28-26-22-20-18-16-14-12-10-8-6-4-2/h23-24,27,29,34,36,42,44,48-54,56,58-62H,3-22,25-26,28,30-33,35,37-41,43,45-47H2,1-2H3,(H,57,63)(H,64,65,66)/b24-23-,29-27-,36-34+,44-42+. The summed E-state index contributed by atoms with van der Waals surface area (Å²) >= 11 is 0. The topological polar surface area (TPSA) is 212 Å². The molecule has 14 heteroatoms. The minimum absolute atomic E-state index is 0.224. The SMILES string of the molecule is CCCCCCCCCCC/C=C\C/C=C\CCCCCCCCC(O)C(=O)NC(COC1OC(CO)C(O)C(OS(=O)(=O)O)C1O)C(O)/C=C/CC/C=C/CCCCCCCCCCCCCCC. The van der Waals surface area contributed by atoms with Crippen molar-refractivity contribution in [3.05, 3.63) is 48.6 Å². The van der Waals surface area contributed by atoms with Crippen molar-refractivity contribution >= 4 is 16.3 Å². The van der Waals surface area contributed by atoms with Gasteiger partial charge in [0, 0.05) is 0 Å². The molecule has 8 unspecified atom stereocenters. The van der Waals surface area contributed by atoms with Crippen LogP contribution in [0.1, 0.15) is 239 Å². The summed E-state index contributed by atoms with van der Waals surface area (Å²) in [4.78, 5) is 13.2. The largest absolute Gasteiger partial charge is 0.397 e. The van der Waals surface area contributed by atoms with Crippen LogP contribution in [-0.4, -0.2) is 107 Å². The number of amides is 1. The molecule has 1 fully saturated rings. The third-order valence-electron chi connectivity index (χ3n) is 13.2. The van der Waals surface area contributed by atoms with Crippen molar-refractivity contribution < 1.29 is 57.0 Å². The van der Waals surface area contributed by atoms with Gasteiger partial charge in [0.1, 0.15) is 30.5 Å². The molecule has 0 aromatic rings. The predicted molar refractivity (Wildman–Crippen MR) is 284 cm³/mol. The Bertz CT molecular complexity index is 1440. The third kappa shape index (κ3) is 36.9. The molecule has 0 aromatic heterocycles. The van der Waals surface area contributed by atoms with Crippen LogP contribution in [0.25, 0.3) is 0 Å². The highest BCUT2D eigenvalue weighted by Crippen LogP contribution is 2.26. The second-order valence-corrected chi connectivity index (χ2v) is 20.7. The van der Waals surface area contributed by atoms with E-state index in [-0.39, 0.29) is 6.42 Å². The number of carbonyl (C=O) groups excluding carboxylic acids is 1. The number of aliphatic hydroxyl groups excluding tert-OH is 5. The molecule has 1 aliphatic heterocycles. The van der Waals surface area contributed by atoms with E-state index in [1.54, 1.807) is 6.08 Å². The van der Waals surface area contributed by atoms with Gasteiger partial charge in [-0.15, -0.1) is 0 Å². The third-order valence-corrected chi connectivity index (χ3v) is 13.7. The molecule has 13 nitrogen and oxygen atoms in total. The molecule has 410 valence electrons. The summed E-state index contributed by atoms with van der Waals surface area (Å²) in [6, 6.07) is -1.14. The van der Waals surface area contributed by atoms with Gasteiger partial charge >= 0.3 is 10.4 Å². The lowest BCUT2D eigenvalue weighted by molar-refractivity contribution is -0.298. The van der Waals surface area contributed by atoms with Crippen molar-refractivity contribution in [3.63, 3.8) is 0 Å². The van der Waals surface area contributed by atoms with Gasteiger partial charge in [0.05, 0.1) is 25.4 Å². The summed E-state index contributed by atoms with van der Waals surface area (Å²) in [5.74, 6) is -0.719. The van der Waals surface area contributed by atoms with E-state index in [0.717, 1.165) is 64.2 Å². The van der Waals surface area contributed by atoms with Crippen molar-refractivity contribution in [1.82, 2.24) is 5.32 Å². The molecule has 0 aliphatic carbocycles. The molecule has 1 amide bonds. The van der Waals surface area contributed by atoms with Crippen LogP contribution < -0.4 is 5.32 Å². The maximum atomic E-state index is 13.2. The number of rotatable bonds is 48. The van der Waals surface area contributed by atoms with Crippen LogP contribution in [-0.2, 0) is 28.9 Å². The van der Waals surface area contributed by atoms with Crippen LogP contribution in [0.15, 0.2) is 48.6 Å². The summed E-state index contributed by atoms with van der Waals surface area (Å²) in [5.41, 5.74) is 0. The van der Waals surface area contributed by atoms with E-state index < -0.39 is 78.5 Å². The number of hydrogen-bond acceptors (Lipinski definition) is 11. The van der Waals surface area contributed by atoms with Crippen molar-refractivity contribution in [3.8, 4) is 0 Å². The number of hydrogen-bond donors (Lipinski definition) is 7. The molecule has 0 saturated carbocycles. The first-order valence-electron chi connectivity index (χ1n) is 28.1. The first-order chi connectivity index (χ1) is 33.9. The summed E-state index contributed by atoms with van der Waals surface area (Å²) in [6.45, 7) is 3.23. The summed E-state index contributed by atoms with van der Waals surface area (Å²) in [5, 5.41) is 55.5. The molecular formula is C56H103NO12S. The van der Waals surface area contributed by atoms with E-state index in [0.29, 0.717) is 12.8 Å². The molecule has 1 saturated heterocycles. The van der Waals surface area contributed by atoms with Gasteiger partial charge in [-0.2, -0.15) is 8.42 Å². The Balaban J connectivity index is 2.49. The molecule has 1 aliphatic rings. The Morgan fingerprint density at radius 2 is 1.00 bits per heavy atom. The number of nitrogens with one attached hydrogen (secondary N) is 1. The van der Waals surface area contributed by atoms with E-state index in [2.05, 4.69) is 59.8 Å². The lowest BCUT2D eigenvalue weighted by Crippen LogP contribution is -2.61. The van der Waals surface area contributed by atoms with Crippen molar-refractivity contribution in [2.75, 3.05) is 13.2 Å². The van der Waals surface area contributed by atoms with Gasteiger partial charge in [0.25, 0.3) is 0 Å². The Hall–Kier alpha value is -1.98. The van der Waals surface area contributed by atoms with Crippen molar-refractivity contribution in [2.24, 2.45) is 0 Å². The fourth-order valence-corrected chi connectivity index (χ4v) is 9.25. The number of carbonyl (C=O) groups is 1. The number of aliphatic hydroxyl groups is 5. The molecule has 0 radical (unpaired) electrons. The zero-order valence-electron chi connectivity index (χ0n) is 43.9. The van der Waals surface area contributed by atoms with E-state index in [9.17, 15) is 43.3 Å². The van der Waals surface area contributed by atoms with Gasteiger partial charge in [0.2, 0.25) is 5.91 Å². The second-order valence-electron chi connectivity index (χ2n) is 19.7. The highest BCUT2D eigenvalue weighted by atomic mass is 32.3. The lowest BCUT2D eigenvalue weighted by atomic mass is 9.99. The molecule has 7 N–H and O–H groups in total. The molecule has 70 heavy (non-hydrogen) atoms. The normalized spacial score (nSPS) is 20.4. The summed E-state index contributed by atoms with van der Waals surface area (Å²) in [7, 11) is -5.13. The van der Waals surface area contributed by atoms with Crippen LogP contribution in [0.2, 0.25) is 0 Å². The van der Waals surface area contributed by atoms with Crippen LogP contribution in [0.5, 0.6) is 0 Å². The van der Waals surface area contributed by atoms with E-state index >= 15 is 0 Å². The monoisotopic (exact) mass is 1010 g/mol. The Morgan fingerprint density at radius 3 is 1.46 bits per heavy atom. The Kier molecular flexibility index (Phi) is 43.0. The molecule has 0 aromatic carbocycles. The van der Waals surface area contributed by atoms with Crippen molar-refractivity contribution in [2.45, 2.75) is 288 Å². The summed E-state index contributed by atoms with van der Waals surface area (Å²) < 4.78 is 47.7. The highest BCUT2D eigenvalue weighted by molar-refractivity contribution is 7.80. The molecule has 8 atom stereocenters. The van der Waals surface area contributed by atoms with Gasteiger partial charge in [-0.1, -0.05) is 223 Å². The van der Waals surface area contributed by atoms with Crippen LogP contribution in [0.3, 0.4) is 0 Å². The Labute approximate surface area is 426 Å². The summed E-state index contributed by atoms with van der Waals surface area (Å²) in [6.07, 6.45) is 46.2. The van der Waals surface area contributed by atoms with E-state index in [1.807, 2.05) is 0 Å². The van der Waals surface area contributed by atoms with Gasteiger partial charge in [0.15, 0.2) is 6.29 Å². The van der Waals surface area contributed by atoms with Gasteiger partial charge in [-0.05, 0) is 64.2 Å². The first kappa shape index (κ1) is 66.0. The van der Waals surface area contributed by atoms with Gasteiger partial charge in [-0.3, -0.25) is 9.35 Å². The predicted octanol–water partition coefficient (Wildman–Crippen LogP) is 11.8. The smallest absolute Gasteiger partial charge is 0.394 e. The molecule has 0 bridgehead atoms. The second kappa shape index (κ2) is 45.6. The molecular weight excluding hydrogens is 911 g/mol. The number of unbranched alkanes of at least 4 members (excludes halogenated alkanes) is 29. The molecule has 1 rings (SSSR count). The van der Waals surface area contributed by atoms with Crippen LogP contribution in [0.4, 0.5) is 0 Å².